The summed E-state index contributed by atoms with van der Waals surface area (Å²) in [6.45, 7) is 2.14. The van der Waals surface area contributed by atoms with Gasteiger partial charge in [-0.3, -0.25) is 4.79 Å². The Morgan fingerprint density at radius 2 is 2.18 bits per heavy atom. The maximum absolute atomic E-state index is 11.9. The average Bonchev–Trinajstić information content (AvgIpc) is 2.82. The molecular weight excluding hydrogens is 284 g/mol. The molecule has 1 aromatic rings. The molecule has 0 atom stereocenters. The standard InChI is InChI=1S/C11H15BrN4O/c1-15(10-6-9(12)13-8-14-10)7-11(17)16-4-2-3-5-16/h6,8H,2-5,7H2,1H3. The zero-order chi connectivity index (χ0) is 12.3. The molecule has 0 saturated carbocycles. The first-order valence-electron chi connectivity index (χ1n) is 5.63. The number of rotatable bonds is 3. The third-order valence-electron chi connectivity index (χ3n) is 2.84. The van der Waals surface area contributed by atoms with Gasteiger partial charge in [-0.15, -0.1) is 0 Å². The minimum absolute atomic E-state index is 0.166. The van der Waals surface area contributed by atoms with Crippen molar-refractivity contribution >= 4 is 27.7 Å². The second-order valence-electron chi connectivity index (χ2n) is 4.14. The molecule has 5 nitrogen and oxygen atoms in total. The molecule has 92 valence electrons. The fourth-order valence-corrected chi connectivity index (χ4v) is 2.18. The molecule has 2 heterocycles. The van der Waals surface area contributed by atoms with Crippen LogP contribution in [0, 0.1) is 0 Å². The van der Waals surface area contributed by atoms with E-state index in [-0.39, 0.29) is 5.91 Å². The third-order valence-corrected chi connectivity index (χ3v) is 3.28. The molecule has 1 fully saturated rings. The van der Waals surface area contributed by atoms with E-state index < -0.39 is 0 Å². The summed E-state index contributed by atoms with van der Waals surface area (Å²) in [7, 11) is 1.86. The molecule has 0 unspecified atom stereocenters. The lowest BCUT2D eigenvalue weighted by atomic mass is 10.4. The SMILES string of the molecule is CN(CC(=O)N1CCCC1)c1cc(Br)ncn1. The Morgan fingerprint density at radius 1 is 1.47 bits per heavy atom. The van der Waals surface area contributed by atoms with E-state index in [0.29, 0.717) is 6.54 Å². The van der Waals surface area contributed by atoms with Gasteiger partial charge in [0.1, 0.15) is 16.7 Å². The van der Waals surface area contributed by atoms with E-state index in [1.807, 2.05) is 16.8 Å². The van der Waals surface area contributed by atoms with Gasteiger partial charge in [0.2, 0.25) is 5.91 Å². The van der Waals surface area contributed by atoms with E-state index >= 15 is 0 Å². The van der Waals surface area contributed by atoms with Gasteiger partial charge >= 0.3 is 0 Å². The Hall–Kier alpha value is -1.17. The van der Waals surface area contributed by atoms with Gasteiger partial charge < -0.3 is 9.80 Å². The molecular formula is C11H15BrN4O. The van der Waals surface area contributed by atoms with Gasteiger partial charge in [-0.25, -0.2) is 9.97 Å². The number of hydrogen-bond acceptors (Lipinski definition) is 4. The predicted molar refractivity (Wildman–Crippen MR) is 68.8 cm³/mol. The monoisotopic (exact) mass is 298 g/mol. The first-order valence-corrected chi connectivity index (χ1v) is 6.42. The number of likely N-dealkylation sites (tertiary alicyclic amines) is 1. The lowest BCUT2D eigenvalue weighted by Gasteiger charge is -2.21. The van der Waals surface area contributed by atoms with E-state index in [4.69, 9.17) is 0 Å². The number of nitrogens with zero attached hydrogens (tertiary/aromatic N) is 4. The van der Waals surface area contributed by atoms with Crippen LogP contribution >= 0.6 is 15.9 Å². The van der Waals surface area contributed by atoms with Crippen LogP contribution < -0.4 is 4.90 Å². The van der Waals surface area contributed by atoms with Gasteiger partial charge in [-0.05, 0) is 28.8 Å². The van der Waals surface area contributed by atoms with Crippen molar-refractivity contribution in [1.29, 1.82) is 0 Å². The number of anilines is 1. The summed E-state index contributed by atoms with van der Waals surface area (Å²) >= 11 is 3.29. The molecule has 0 aromatic carbocycles. The lowest BCUT2D eigenvalue weighted by Crippen LogP contribution is -2.37. The van der Waals surface area contributed by atoms with Crippen LogP contribution in [0.25, 0.3) is 0 Å². The molecule has 17 heavy (non-hydrogen) atoms. The van der Waals surface area contributed by atoms with Gasteiger partial charge in [0.25, 0.3) is 0 Å². The molecule has 0 aliphatic carbocycles. The van der Waals surface area contributed by atoms with Gasteiger partial charge in [-0.2, -0.15) is 0 Å². The fraction of sp³-hybridized carbons (Fsp3) is 0.545. The highest BCUT2D eigenvalue weighted by Crippen LogP contribution is 2.14. The van der Waals surface area contributed by atoms with Crippen LogP contribution in [0.4, 0.5) is 5.82 Å². The summed E-state index contributed by atoms with van der Waals surface area (Å²) in [6, 6.07) is 1.80. The second-order valence-corrected chi connectivity index (χ2v) is 4.96. The normalized spacial score (nSPS) is 15.1. The summed E-state index contributed by atoms with van der Waals surface area (Å²) in [5, 5.41) is 0. The largest absolute Gasteiger partial charge is 0.350 e. The molecule has 6 heteroatoms. The Morgan fingerprint density at radius 3 is 2.82 bits per heavy atom. The summed E-state index contributed by atoms with van der Waals surface area (Å²) in [4.78, 5) is 23.8. The molecule has 2 rings (SSSR count). The van der Waals surface area contributed by atoms with Crippen LogP contribution in [0.1, 0.15) is 12.8 Å². The zero-order valence-corrected chi connectivity index (χ0v) is 11.4. The van der Waals surface area contributed by atoms with Crippen LogP contribution in [0.5, 0.6) is 0 Å². The number of carbonyl (C=O) groups excluding carboxylic acids is 1. The molecule has 1 amide bonds. The number of amides is 1. The number of hydrogen-bond donors (Lipinski definition) is 0. The summed E-state index contributed by atoms with van der Waals surface area (Å²) in [5.74, 6) is 0.916. The average molecular weight is 299 g/mol. The lowest BCUT2D eigenvalue weighted by molar-refractivity contribution is -0.128. The first-order chi connectivity index (χ1) is 8.16. The Labute approximate surface area is 109 Å². The van der Waals surface area contributed by atoms with E-state index in [1.54, 1.807) is 6.07 Å². The maximum Gasteiger partial charge on any atom is 0.242 e. The highest BCUT2D eigenvalue weighted by Gasteiger charge is 2.19. The molecule has 0 bridgehead atoms. The fourth-order valence-electron chi connectivity index (χ4n) is 1.88. The summed E-state index contributed by atoms with van der Waals surface area (Å²) < 4.78 is 0.725. The minimum atomic E-state index is 0.166. The smallest absolute Gasteiger partial charge is 0.242 e. The summed E-state index contributed by atoms with van der Waals surface area (Å²) in [5.41, 5.74) is 0. The molecule has 1 saturated heterocycles. The number of carbonyl (C=O) groups is 1. The van der Waals surface area contributed by atoms with Gasteiger partial charge in [0.05, 0.1) is 6.54 Å². The van der Waals surface area contributed by atoms with E-state index in [1.165, 1.54) is 6.33 Å². The van der Waals surface area contributed by atoms with Crippen molar-refractivity contribution in [3.63, 3.8) is 0 Å². The topological polar surface area (TPSA) is 49.3 Å². The van der Waals surface area contributed by atoms with Crippen molar-refractivity contribution in [3.8, 4) is 0 Å². The van der Waals surface area contributed by atoms with Crippen LogP contribution in [-0.2, 0) is 4.79 Å². The van der Waals surface area contributed by atoms with Gasteiger partial charge in [-0.1, -0.05) is 0 Å². The summed E-state index contributed by atoms with van der Waals surface area (Å²) in [6.07, 6.45) is 3.72. The van der Waals surface area contributed by atoms with Crippen molar-refractivity contribution in [2.24, 2.45) is 0 Å². The van der Waals surface area contributed by atoms with Crippen molar-refractivity contribution in [3.05, 3.63) is 17.0 Å². The highest BCUT2D eigenvalue weighted by atomic mass is 79.9. The number of aromatic nitrogens is 2. The number of halogens is 1. The van der Waals surface area contributed by atoms with Crippen molar-refractivity contribution in [1.82, 2.24) is 14.9 Å². The molecule has 0 N–H and O–H groups in total. The molecule has 1 aliphatic heterocycles. The van der Waals surface area contributed by atoms with Gasteiger partial charge in [0.15, 0.2) is 0 Å². The third kappa shape index (κ3) is 3.15. The van der Waals surface area contributed by atoms with Crippen LogP contribution in [0.15, 0.2) is 17.0 Å². The van der Waals surface area contributed by atoms with Crippen LogP contribution in [0.3, 0.4) is 0 Å². The second kappa shape index (κ2) is 5.44. The zero-order valence-electron chi connectivity index (χ0n) is 9.77. The van der Waals surface area contributed by atoms with E-state index in [0.717, 1.165) is 36.4 Å². The quantitative estimate of drug-likeness (QED) is 0.789. The Balaban J connectivity index is 1.96. The Kier molecular flexibility index (Phi) is 3.93. The first kappa shape index (κ1) is 12.3. The van der Waals surface area contributed by atoms with E-state index in [9.17, 15) is 4.79 Å². The molecule has 0 spiro atoms. The van der Waals surface area contributed by atoms with Crippen molar-refractivity contribution in [2.75, 3.05) is 31.6 Å². The number of likely N-dealkylation sites (N-methyl/N-ethyl adjacent to an activating group) is 1. The van der Waals surface area contributed by atoms with Gasteiger partial charge in [0, 0.05) is 26.2 Å². The molecule has 1 aliphatic rings. The Bertz CT molecular complexity index is 406. The molecule has 0 radical (unpaired) electrons. The van der Waals surface area contributed by atoms with Crippen LogP contribution in [-0.4, -0.2) is 47.5 Å². The van der Waals surface area contributed by atoms with Crippen molar-refractivity contribution < 1.29 is 4.79 Å². The minimum Gasteiger partial charge on any atom is -0.350 e. The predicted octanol–water partition coefficient (Wildman–Crippen LogP) is 1.30. The highest BCUT2D eigenvalue weighted by molar-refractivity contribution is 9.10. The van der Waals surface area contributed by atoms with E-state index in [2.05, 4.69) is 25.9 Å². The maximum atomic E-state index is 11.9. The molecule has 1 aromatic heterocycles. The van der Waals surface area contributed by atoms with Crippen molar-refractivity contribution in [2.45, 2.75) is 12.8 Å². The van der Waals surface area contributed by atoms with Crippen LogP contribution in [0.2, 0.25) is 0 Å².